The Morgan fingerprint density at radius 3 is 2.76 bits per heavy atom. The number of carbonyl (C=O) groups is 2. The molecule has 0 saturated carbocycles. The van der Waals surface area contributed by atoms with E-state index in [-0.39, 0.29) is 17.6 Å². The van der Waals surface area contributed by atoms with E-state index in [0.717, 1.165) is 0 Å². The van der Waals surface area contributed by atoms with Gasteiger partial charge in [0.15, 0.2) is 5.69 Å². The topological polar surface area (TPSA) is 97.1 Å². The molecule has 0 aliphatic carbocycles. The van der Waals surface area contributed by atoms with E-state index in [0.29, 0.717) is 23.7 Å². The van der Waals surface area contributed by atoms with E-state index >= 15 is 0 Å². The van der Waals surface area contributed by atoms with Gasteiger partial charge < -0.3 is 10.4 Å². The normalized spacial score (nSPS) is 10.8. The number of aromatic nitrogens is 3. The standard InChI is InChI=1S/C13H16N4O3S/c1-8(2)17-6-4-9(16-17)12(18)14-5-3-11-15-10(7-21-11)13(19)20/h4,6-8H,3,5H2,1-2H3,(H,14,18)(H,19,20). The average Bonchev–Trinajstić information content (AvgIpc) is 3.07. The van der Waals surface area contributed by atoms with Gasteiger partial charge in [0, 0.05) is 30.6 Å². The Bertz CT molecular complexity index is 647. The van der Waals surface area contributed by atoms with Gasteiger partial charge in [0.1, 0.15) is 5.69 Å². The number of carboxylic acid groups (broad SMARTS) is 1. The molecular formula is C13H16N4O3S. The number of hydrogen-bond donors (Lipinski definition) is 2. The highest BCUT2D eigenvalue weighted by Gasteiger charge is 2.11. The number of amides is 1. The molecule has 2 aromatic rings. The third-order valence-electron chi connectivity index (χ3n) is 2.77. The van der Waals surface area contributed by atoms with E-state index in [1.807, 2.05) is 13.8 Å². The second kappa shape index (κ2) is 6.49. The SMILES string of the molecule is CC(C)n1ccc(C(=O)NCCc2nc(C(=O)O)cs2)n1. The fraction of sp³-hybridized carbons (Fsp3) is 0.385. The summed E-state index contributed by atoms with van der Waals surface area (Å²) in [5, 5.41) is 17.9. The van der Waals surface area contributed by atoms with Crippen LogP contribution in [0.3, 0.4) is 0 Å². The van der Waals surface area contributed by atoms with Crippen LogP contribution in [0.5, 0.6) is 0 Å². The number of carboxylic acids is 1. The van der Waals surface area contributed by atoms with E-state index in [1.165, 1.54) is 16.7 Å². The molecule has 0 spiro atoms. The zero-order valence-corrected chi connectivity index (χ0v) is 12.6. The van der Waals surface area contributed by atoms with Gasteiger partial charge in [-0.3, -0.25) is 9.48 Å². The molecule has 0 fully saturated rings. The summed E-state index contributed by atoms with van der Waals surface area (Å²) in [4.78, 5) is 26.5. The molecule has 112 valence electrons. The second-order valence-corrected chi connectivity index (χ2v) is 5.65. The Morgan fingerprint density at radius 1 is 1.43 bits per heavy atom. The van der Waals surface area contributed by atoms with Crippen LogP contribution in [0.25, 0.3) is 0 Å². The van der Waals surface area contributed by atoms with Crippen molar-refractivity contribution in [2.75, 3.05) is 6.54 Å². The van der Waals surface area contributed by atoms with Gasteiger partial charge in [-0.2, -0.15) is 5.10 Å². The number of aromatic carboxylic acids is 1. The Labute approximate surface area is 125 Å². The van der Waals surface area contributed by atoms with Gasteiger partial charge in [-0.05, 0) is 19.9 Å². The molecule has 21 heavy (non-hydrogen) atoms. The molecule has 2 rings (SSSR count). The van der Waals surface area contributed by atoms with Crippen LogP contribution >= 0.6 is 11.3 Å². The highest BCUT2D eigenvalue weighted by Crippen LogP contribution is 2.10. The molecule has 0 saturated heterocycles. The van der Waals surface area contributed by atoms with Crippen molar-refractivity contribution in [2.24, 2.45) is 0 Å². The lowest BCUT2D eigenvalue weighted by Gasteiger charge is -2.04. The molecule has 2 aromatic heterocycles. The first-order valence-corrected chi connectivity index (χ1v) is 7.36. The van der Waals surface area contributed by atoms with Crippen LogP contribution < -0.4 is 5.32 Å². The van der Waals surface area contributed by atoms with Gasteiger partial charge >= 0.3 is 5.97 Å². The first kappa shape index (κ1) is 15.2. The third kappa shape index (κ3) is 3.88. The number of nitrogens with one attached hydrogen (secondary N) is 1. The Balaban J connectivity index is 1.84. The van der Waals surface area contributed by atoms with E-state index in [1.54, 1.807) is 16.9 Å². The largest absolute Gasteiger partial charge is 0.476 e. The number of carbonyl (C=O) groups excluding carboxylic acids is 1. The monoisotopic (exact) mass is 308 g/mol. The van der Waals surface area contributed by atoms with Crippen molar-refractivity contribution in [3.05, 3.63) is 34.0 Å². The number of rotatable bonds is 6. The minimum Gasteiger partial charge on any atom is -0.476 e. The highest BCUT2D eigenvalue weighted by molar-refractivity contribution is 7.09. The lowest BCUT2D eigenvalue weighted by atomic mass is 10.4. The van der Waals surface area contributed by atoms with Gasteiger partial charge in [-0.15, -0.1) is 11.3 Å². The van der Waals surface area contributed by atoms with Crippen LogP contribution in [0.2, 0.25) is 0 Å². The second-order valence-electron chi connectivity index (χ2n) is 4.71. The molecule has 1 amide bonds. The minimum atomic E-state index is -1.04. The maximum Gasteiger partial charge on any atom is 0.355 e. The molecule has 0 radical (unpaired) electrons. The van der Waals surface area contributed by atoms with Gasteiger partial charge in [0.25, 0.3) is 5.91 Å². The zero-order chi connectivity index (χ0) is 15.4. The summed E-state index contributed by atoms with van der Waals surface area (Å²) in [6, 6.07) is 1.87. The molecule has 0 bridgehead atoms. The molecule has 7 nitrogen and oxygen atoms in total. The predicted molar refractivity (Wildman–Crippen MR) is 77.7 cm³/mol. The number of hydrogen-bond acceptors (Lipinski definition) is 5. The van der Waals surface area contributed by atoms with Gasteiger partial charge in [0.2, 0.25) is 0 Å². The number of nitrogens with zero attached hydrogens (tertiary/aromatic N) is 3. The minimum absolute atomic E-state index is 0.0389. The van der Waals surface area contributed by atoms with Crippen molar-refractivity contribution in [1.29, 1.82) is 0 Å². The maximum atomic E-state index is 11.9. The number of thiazole rings is 1. The predicted octanol–water partition coefficient (Wildman–Crippen LogP) is 1.59. The van der Waals surface area contributed by atoms with Crippen LogP contribution in [-0.2, 0) is 6.42 Å². The summed E-state index contributed by atoms with van der Waals surface area (Å²) in [6.45, 7) is 4.36. The van der Waals surface area contributed by atoms with Gasteiger partial charge in [-0.1, -0.05) is 0 Å². The summed E-state index contributed by atoms with van der Waals surface area (Å²) in [7, 11) is 0. The summed E-state index contributed by atoms with van der Waals surface area (Å²) < 4.78 is 1.72. The zero-order valence-electron chi connectivity index (χ0n) is 11.7. The lowest BCUT2D eigenvalue weighted by Crippen LogP contribution is -2.26. The third-order valence-corrected chi connectivity index (χ3v) is 3.67. The highest BCUT2D eigenvalue weighted by atomic mass is 32.1. The molecule has 2 N–H and O–H groups in total. The quantitative estimate of drug-likeness (QED) is 0.844. The van der Waals surface area contributed by atoms with E-state index in [4.69, 9.17) is 5.11 Å². The Kier molecular flexibility index (Phi) is 4.69. The average molecular weight is 308 g/mol. The smallest absolute Gasteiger partial charge is 0.355 e. The fourth-order valence-corrected chi connectivity index (χ4v) is 2.42. The van der Waals surface area contributed by atoms with Gasteiger partial charge in [-0.25, -0.2) is 9.78 Å². The van der Waals surface area contributed by atoms with Gasteiger partial charge in [0.05, 0.1) is 5.01 Å². The molecule has 0 aliphatic heterocycles. The molecular weight excluding hydrogens is 292 g/mol. The van der Waals surface area contributed by atoms with E-state index in [2.05, 4.69) is 15.4 Å². The van der Waals surface area contributed by atoms with Crippen molar-refractivity contribution < 1.29 is 14.7 Å². The fourth-order valence-electron chi connectivity index (χ4n) is 1.64. The van der Waals surface area contributed by atoms with Crippen molar-refractivity contribution in [3.63, 3.8) is 0 Å². The first-order valence-electron chi connectivity index (χ1n) is 6.48. The van der Waals surface area contributed by atoms with Crippen LogP contribution in [-0.4, -0.2) is 38.3 Å². The molecule has 0 aromatic carbocycles. The van der Waals surface area contributed by atoms with Crippen LogP contribution in [0.4, 0.5) is 0 Å². The molecule has 0 aliphatic rings. The van der Waals surface area contributed by atoms with Crippen molar-refractivity contribution in [3.8, 4) is 0 Å². The lowest BCUT2D eigenvalue weighted by molar-refractivity contribution is 0.0690. The van der Waals surface area contributed by atoms with Crippen LogP contribution in [0.1, 0.15) is 45.9 Å². The van der Waals surface area contributed by atoms with E-state index in [9.17, 15) is 9.59 Å². The van der Waals surface area contributed by atoms with Crippen LogP contribution in [0.15, 0.2) is 17.6 Å². The summed E-state index contributed by atoms with van der Waals surface area (Å²) in [6.07, 6.45) is 2.26. The molecule has 0 unspecified atom stereocenters. The summed E-state index contributed by atoms with van der Waals surface area (Å²) in [5.74, 6) is -1.29. The Hall–Kier alpha value is -2.22. The summed E-state index contributed by atoms with van der Waals surface area (Å²) in [5.41, 5.74) is 0.408. The molecule has 0 atom stereocenters. The van der Waals surface area contributed by atoms with Crippen molar-refractivity contribution in [1.82, 2.24) is 20.1 Å². The Morgan fingerprint density at radius 2 is 2.19 bits per heavy atom. The first-order chi connectivity index (χ1) is 9.97. The van der Waals surface area contributed by atoms with E-state index < -0.39 is 5.97 Å². The molecule has 2 heterocycles. The summed E-state index contributed by atoms with van der Waals surface area (Å²) >= 11 is 1.27. The van der Waals surface area contributed by atoms with Crippen molar-refractivity contribution in [2.45, 2.75) is 26.3 Å². The van der Waals surface area contributed by atoms with Crippen LogP contribution in [0, 0.1) is 0 Å². The molecule has 8 heteroatoms. The van der Waals surface area contributed by atoms with Crippen molar-refractivity contribution >= 4 is 23.2 Å². The maximum absolute atomic E-state index is 11.9.